The summed E-state index contributed by atoms with van der Waals surface area (Å²) in [5.74, 6) is 1.61. The van der Waals surface area contributed by atoms with E-state index in [9.17, 15) is 4.79 Å². The summed E-state index contributed by atoms with van der Waals surface area (Å²) in [5, 5.41) is 1.74. The Morgan fingerprint density at radius 1 is 0.958 bits per heavy atom. The average Bonchev–Trinajstić information content (AvgIpc) is 3.09. The molecule has 3 aromatic carbocycles. The van der Waals surface area contributed by atoms with Crippen LogP contribution in [-0.4, -0.2) is 12.0 Å². The summed E-state index contributed by atoms with van der Waals surface area (Å²) in [7, 11) is 0. The van der Waals surface area contributed by atoms with E-state index in [-0.39, 0.29) is 0 Å². The summed E-state index contributed by atoms with van der Waals surface area (Å²) in [6, 6.07) is 19.0. The Morgan fingerprint density at radius 2 is 1.71 bits per heavy atom. The summed E-state index contributed by atoms with van der Waals surface area (Å²) in [6.07, 6.45) is 0. The van der Waals surface area contributed by atoms with Gasteiger partial charge in [0.05, 0.1) is 0 Å². The molecule has 2 N–H and O–H groups in total. The number of halogens is 1. The number of rotatable bonds is 2. The lowest BCUT2D eigenvalue weighted by molar-refractivity contribution is 0.108. The number of nitrogens with two attached hydrogens (primary N) is 1. The van der Waals surface area contributed by atoms with Gasteiger partial charge in [0.2, 0.25) is 6.79 Å². The normalized spacial score (nSPS) is 11.8. The monoisotopic (exact) mass is 341 g/mol. The van der Waals surface area contributed by atoms with E-state index in [1.54, 1.807) is 12.1 Å². The maximum atomic E-state index is 10.9. The van der Waals surface area contributed by atoms with Gasteiger partial charge in [0, 0.05) is 12.1 Å². The Bertz CT molecular complexity index is 879. The Hall–Kier alpha value is -2.56. The molecule has 5 heteroatoms. The summed E-state index contributed by atoms with van der Waals surface area (Å²) in [5.41, 5.74) is 7.05. The topological polar surface area (TPSA) is 61.6 Å². The van der Waals surface area contributed by atoms with Gasteiger partial charge < -0.3 is 15.2 Å². The summed E-state index contributed by atoms with van der Waals surface area (Å²) in [6.45, 7) is 0.861. The average molecular weight is 342 g/mol. The van der Waals surface area contributed by atoms with Crippen LogP contribution in [0.4, 0.5) is 0 Å². The Balaban J connectivity index is 0.000000143. The van der Waals surface area contributed by atoms with Crippen molar-refractivity contribution in [2.24, 2.45) is 5.73 Å². The molecule has 0 radical (unpaired) electrons. The van der Waals surface area contributed by atoms with Crippen molar-refractivity contribution in [1.82, 2.24) is 0 Å². The lowest BCUT2D eigenvalue weighted by Gasteiger charge is -1.98. The molecule has 24 heavy (non-hydrogen) atoms. The van der Waals surface area contributed by atoms with Gasteiger partial charge in [-0.1, -0.05) is 36.4 Å². The fraction of sp³-hybridized carbons (Fsp3) is 0.105. The van der Waals surface area contributed by atoms with Gasteiger partial charge >= 0.3 is 0 Å². The van der Waals surface area contributed by atoms with Gasteiger partial charge in [-0.3, -0.25) is 4.79 Å². The van der Waals surface area contributed by atoms with Crippen molar-refractivity contribution in [2.75, 3.05) is 6.79 Å². The second-order valence-electron chi connectivity index (χ2n) is 5.23. The third-order valence-electron chi connectivity index (χ3n) is 3.65. The summed E-state index contributed by atoms with van der Waals surface area (Å²) in [4.78, 5) is 10.9. The van der Waals surface area contributed by atoms with Crippen LogP contribution in [0, 0.1) is 0 Å². The van der Waals surface area contributed by atoms with E-state index in [0.717, 1.165) is 27.8 Å². The molecule has 0 saturated heterocycles. The van der Waals surface area contributed by atoms with Crippen LogP contribution in [0.15, 0.2) is 60.7 Å². The molecular formula is C19H16ClNO3. The number of ether oxygens (including phenoxy) is 2. The number of benzene rings is 3. The van der Waals surface area contributed by atoms with E-state index >= 15 is 0 Å². The van der Waals surface area contributed by atoms with Gasteiger partial charge in [-0.2, -0.15) is 0 Å². The van der Waals surface area contributed by atoms with E-state index in [4.69, 9.17) is 26.8 Å². The fourth-order valence-corrected chi connectivity index (χ4v) is 2.50. The van der Waals surface area contributed by atoms with Crippen molar-refractivity contribution in [1.29, 1.82) is 0 Å². The van der Waals surface area contributed by atoms with Crippen molar-refractivity contribution in [3.63, 3.8) is 0 Å². The van der Waals surface area contributed by atoms with Crippen LogP contribution in [0.1, 0.15) is 15.9 Å². The van der Waals surface area contributed by atoms with Gasteiger partial charge in [0.15, 0.2) is 11.5 Å². The molecule has 0 amide bonds. The van der Waals surface area contributed by atoms with Crippen LogP contribution < -0.4 is 15.2 Å². The van der Waals surface area contributed by atoms with Crippen molar-refractivity contribution >= 4 is 27.6 Å². The summed E-state index contributed by atoms with van der Waals surface area (Å²) >= 11 is 5.36. The molecule has 1 heterocycles. The Kier molecular flexibility index (Phi) is 4.99. The Morgan fingerprint density at radius 3 is 2.46 bits per heavy atom. The predicted molar refractivity (Wildman–Crippen MR) is 94.6 cm³/mol. The minimum Gasteiger partial charge on any atom is -0.454 e. The first-order valence-corrected chi connectivity index (χ1v) is 7.82. The zero-order chi connectivity index (χ0) is 16.9. The van der Waals surface area contributed by atoms with Crippen LogP contribution in [0.2, 0.25) is 0 Å². The SMILES string of the molecule is NCc1ccc2c(c1)OCO2.O=C(Cl)c1ccc2ccccc2c1. The third-order valence-corrected chi connectivity index (χ3v) is 3.87. The van der Waals surface area contributed by atoms with E-state index in [2.05, 4.69) is 0 Å². The number of fused-ring (bicyclic) bond motifs is 2. The van der Waals surface area contributed by atoms with E-state index in [1.165, 1.54) is 0 Å². The molecule has 0 aliphatic carbocycles. The lowest BCUT2D eigenvalue weighted by Crippen LogP contribution is -1.95. The van der Waals surface area contributed by atoms with Gasteiger partial charge in [0.1, 0.15) is 0 Å². The van der Waals surface area contributed by atoms with Crippen molar-refractivity contribution < 1.29 is 14.3 Å². The predicted octanol–water partition coefficient (Wildman–Crippen LogP) is 4.09. The highest BCUT2D eigenvalue weighted by Crippen LogP contribution is 2.32. The zero-order valence-electron chi connectivity index (χ0n) is 12.9. The zero-order valence-corrected chi connectivity index (χ0v) is 13.6. The standard InChI is InChI=1S/C11H7ClO.C8H9NO2/c12-11(13)10-6-5-8-3-1-2-4-9(8)7-10;9-4-6-1-2-7-8(3-6)11-5-10-7/h1-7H;1-3H,4-5,9H2. The number of hydrogen-bond donors (Lipinski definition) is 1. The second-order valence-corrected chi connectivity index (χ2v) is 5.57. The Labute approximate surface area is 144 Å². The quantitative estimate of drug-likeness (QED) is 0.713. The van der Waals surface area contributed by atoms with Gasteiger partial charge in [-0.05, 0) is 52.2 Å². The number of hydrogen-bond acceptors (Lipinski definition) is 4. The molecule has 0 aromatic heterocycles. The molecule has 4 rings (SSSR count). The molecule has 1 aliphatic rings. The molecular weight excluding hydrogens is 326 g/mol. The van der Waals surface area contributed by atoms with Crippen molar-refractivity contribution in [3.8, 4) is 11.5 Å². The number of carbonyl (C=O) groups is 1. The third kappa shape index (κ3) is 3.67. The lowest BCUT2D eigenvalue weighted by atomic mass is 10.1. The van der Waals surface area contributed by atoms with E-state index < -0.39 is 5.24 Å². The maximum absolute atomic E-state index is 10.9. The molecule has 4 nitrogen and oxygen atoms in total. The van der Waals surface area contributed by atoms with Crippen LogP contribution >= 0.6 is 11.6 Å². The second kappa shape index (κ2) is 7.34. The highest BCUT2D eigenvalue weighted by Gasteiger charge is 2.12. The molecule has 122 valence electrons. The first-order valence-electron chi connectivity index (χ1n) is 7.44. The first kappa shape index (κ1) is 16.3. The highest BCUT2D eigenvalue weighted by molar-refractivity contribution is 6.67. The van der Waals surface area contributed by atoms with Gasteiger partial charge in [-0.15, -0.1) is 0 Å². The number of carbonyl (C=O) groups excluding carboxylic acids is 1. The van der Waals surface area contributed by atoms with Crippen LogP contribution in [0.5, 0.6) is 11.5 Å². The van der Waals surface area contributed by atoms with E-state index in [1.807, 2.05) is 48.5 Å². The first-order chi connectivity index (χ1) is 11.7. The van der Waals surface area contributed by atoms with Crippen LogP contribution in [0.25, 0.3) is 10.8 Å². The van der Waals surface area contributed by atoms with Gasteiger partial charge in [0.25, 0.3) is 5.24 Å². The minimum absolute atomic E-state index is 0.323. The highest BCUT2D eigenvalue weighted by atomic mass is 35.5. The molecule has 0 bridgehead atoms. The smallest absolute Gasteiger partial charge is 0.252 e. The maximum Gasteiger partial charge on any atom is 0.252 e. The minimum atomic E-state index is -0.411. The van der Waals surface area contributed by atoms with E-state index in [0.29, 0.717) is 18.9 Å². The van der Waals surface area contributed by atoms with Gasteiger partial charge in [-0.25, -0.2) is 0 Å². The molecule has 3 aromatic rings. The molecule has 1 aliphatic heterocycles. The largest absolute Gasteiger partial charge is 0.454 e. The summed E-state index contributed by atoms with van der Waals surface area (Å²) < 4.78 is 10.3. The molecule has 0 unspecified atom stereocenters. The molecule has 0 atom stereocenters. The van der Waals surface area contributed by atoms with Crippen molar-refractivity contribution in [3.05, 3.63) is 71.8 Å². The fourth-order valence-electron chi connectivity index (χ4n) is 2.38. The molecule has 0 fully saturated rings. The molecule has 0 spiro atoms. The van der Waals surface area contributed by atoms with Crippen molar-refractivity contribution in [2.45, 2.75) is 6.54 Å². The molecule has 0 saturated carbocycles. The van der Waals surface area contributed by atoms with Crippen LogP contribution in [-0.2, 0) is 6.54 Å². The van der Waals surface area contributed by atoms with Crippen LogP contribution in [0.3, 0.4) is 0 Å².